The van der Waals surface area contributed by atoms with Crippen molar-refractivity contribution in [2.75, 3.05) is 6.61 Å². The molecule has 7 nitrogen and oxygen atoms in total. The molecule has 2 aromatic rings. The molecule has 2 aliphatic carbocycles. The number of rotatable bonds is 9. The molecule has 1 unspecified atom stereocenters. The summed E-state index contributed by atoms with van der Waals surface area (Å²) in [5, 5.41) is 14.7. The average Bonchev–Trinajstić information content (AvgIpc) is 3.11. The number of carboxylic acids is 1. The Morgan fingerprint density at radius 3 is 2.21 bits per heavy atom. The normalized spacial score (nSPS) is 16.5. The smallest absolute Gasteiger partial charge is 0.408 e. The van der Waals surface area contributed by atoms with Crippen LogP contribution in [-0.2, 0) is 14.3 Å². The summed E-state index contributed by atoms with van der Waals surface area (Å²) < 4.78 is 5.58. The Balaban J connectivity index is 1.40. The predicted molar refractivity (Wildman–Crippen MR) is 124 cm³/mol. The number of allylic oxidation sites excluding steroid dienone is 1. The molecule has 0 saturated heterocycles. The molecule has 0 radical (unpaired) electrons. The molecule has 4 rings (SSSR count). The lowest BCUT2D eigenvalue weighted by Crippen LogP contribution is -2.64. The van der Waals surface area contributed by atoms with Gasteiger partial charge in [-0.3, -0.25) is 4.79 Å². The van der Waals surface area contributed by atoms with E-state index in [9.17, 15) is 19.5 Å². The summed E-state index contributed by atoms with van der Waals surface area (Å²) in [6, 6.07) is 15.1. The van der Waals surface area contributed by atoms with Crippen LogP contribution in [0.4, 0.5) is 4.79 Å². The SMILES string of the molecule is C=CCCC(NC(=O)C1(NC(=O)OCC2c3ccccc3-c3ccccc32)CCC1)C(=O)O. The van der Waals surface area contributed by atoms with Crippen LogP contribution in [0.15, 0.2) is 61.2 Å². The quantitative estimate of drug-likeness (QED) is 0.503. The molecule has 1 fully saturated rings. The van der Waals surface area contributed by atoms with Crippen LogP contribution in [0.5, 0.6) is 0 Å². The molecular weight excluding hydrogens is 420 g/mol. The van der Waals surface area contributed by atoms with Crippen LogP contribution in [0.3, 0.4) is 0 Å². The van der Waals surface area contributed by atoms with Gasteiger partial charge in [0, 0.05) is 5.92 Å². The van der Waals surface area contributed by atoms with E-state index >= 15 is 0 Å². The number of fused-ring (bicyclic) bond motifs is 3. The number of benzene rings is 2. The molecule has 2 aromatic carbocycles. The van der Waals surface area contributed by atoms with Crippen molar-refractivity contribution in [1.29, 1.82) is 0 Å². The standard InChI is InChI=1S/C26H28N2O5/c1-2-3-13-22(23(29)30)27-24(31)26(14-8-15-26)28-25(32)33-16-21-19-11-6-4-9-17(19)18-10-5-7-12-20(18)21/h2,4-7,9-12,21-22H,1,3,8,13-16H2,(H,27,31)(H,28,32)(H,29,30). The molecule has 3 N–H and O–H groups in total. The van der Waals surface area contributed by atoms with Gasteiger partial charge in [-0.05, 0) is 54.4 Å². The highest BCUT2D eigenvalue weighted by molar-refractivity contribution is 5.93. The topological polar surface area (TPSA) is 105 Å². The first-order valence-corrected chi connectivity index (χ1v) is 11.2. The van der Waals surface area contributed by atoms with E-state index in [1.807, 2.05) is 36.4 Å². The number of hydrogen-bond donors (Lipinski definition) is 3. The van der Waals surface area contributed by atoms with Crippen molar-refractivity contribution in [3.05, 3.63) is 72.3 Å². The Kier molecular flexibility index (Phi) is 6.49. The van der Waals surface area contributed by atoms with Gasteiger partial charge in [-0.15, -0.1) is 6.58 Å². The van der Waals surface area contributed by atoms with E-state index in [1.165, 1.54) is 0 Å². The zero-order chi connectivity index (χ0) is 23.4. The summed E-state index contributed by atoms with van der Waals surface area (Å²) in [4.78, 5) is 37.0. The van der Waals surface area contributed by atoms with Gasteiger partial charge in [-0.2, -0.15) is 0 Å². The Morgan fingerprint density at radius 1 is 1.09 bits per heavy atom. The van der Waals surface area contributed by atoms with Gasteiger partial charge in [0.25, 0.3) is 0 Å². The monoisotopic (exact) mass is 448 g/mol. The first kappa shape index (κ1) is 22.6. The predicted octanol–water partition coefficient (Wildman–Crippen LogP) is 3.98. The second-order valence-corrected chi connectivity index (χ2v) is 8.62. The minimum Gasteiger partial charge on any atom is -0.480 e. The fourth-order valence-corrected chi connectivity index (χ4v) is 4.61. The Bertz CT molecular complexity index is 1030. The maximum absolute atomic E-state index is 12.9. The van der Waals surface area contributed by atoms with E-state index in [2.05, 4.69) is 29.3 Å². The summed E-state index contributed by atoms with van der Waals surface area (Å²) >= 11 is 0. The van der Waals surface area contributed by atoms with Crippen molar-refractivity contribution in [3.63, 3.8) is 0 Å². The highest BCUT2D eigenvalue weighted by atomic mass is 16.5. The average molecular weight is 449 g/mol. The van der Waals surface area contributed by atoms with Crippen molar-refractivity contribution in [2.24, 2.45) is 0 Å². The van der Waals surface area contributed by atoms with Crippen LogP contribution >= 0.6 is 0 Å². The highest BCUT2D eigenvalue weighted by Crippen LogP contribution is 2.44. The van der Waals surface area contributed by atoms with Crippen LogP contribution in [0, 0.1) is 0 Å². The number of carboxylic acid groups (broad SMARTS) is 1. The number of ether oxygens (including phenoxy) is 1. The fourth-order valence-electron chi connectivity index (χ4n) is 4.61. The molecule has 0 aromatic heterocycles. The third-order valence-corrected chi connectivity index (χ3v) is 6.59. The van der Waals surface area contributed by atoms with Gasteiger partial charge in [0.15, 0.2) is 0 Å². The summed E-state index contributed by atoms with van der Waals surface area (Å²) in [5.41, 5.74) is 3.35. The maximum atomic E-state index is 12.9. The molecule has 172 valence electrons. The molecule has 0 bridgehead atoms. The molecule has 7 heteroatoms. The van der Waals surface area contributed by atoms with Crippen LogP contribution in [0.25, 0.3) is 11.1 Å². The molecule has 1 atom stereocenters. The number of nitrogens with one attached hydrogen (secondary N) is 2. The number of amides is 2. The van der Waals surface area contributed by atoms with Gasteiger partial charge in [-0.1, -0.05) is 54.6 Å². The largest absolute Gasteiger partial charge is 0.480 e. The lowest BCUT2D eigenvalue weighted by Gasteiger charge is -2.40. The Morgan fingerprint density at radius 2 is 1.70 bits per heavy atom. The second kappa shape index (κ2) is 9.48. The van der Waals surface area contributed by atoms with E-state index < -0.39 is 29.6 Å². The van der Waals surface area contributed by atoms with Crippen molar-refractivity contribution in [2.45, 2.75) is 49.6 Å². The maximum Gasteiger partial charge on any atom is 0.408 e. The Labute approximate surface area is 192 Å². The number of carbonyl (C=O) groups excluding carboxylic acids is 2. The minimum absolute atomic E-state index is 0.0791. The van der Waals surface area contributed by atoms with Gasteiger partial charge in [0.2, 0.25) is 5.91 Å². The molecule has 2 aliphatic rings. The lowest BCUT2D eigenvalue weighted by molar-refractivity contribution is -0.144. The second-order valence-electron chi connectivity index (χ2n) is 8.62. The zero-order valence-electron chi connectivity index (χ0n) is 18.4. The fraction of sp³-hybridized carbons (Fsp3) is 0.346. The van der Waals surface area contributed by atoms with Crippen LogP contribution in [0.2, 0.25) is 0 Å². The van der Waals surface area contributed by atoms with E-state index in [-0.39, 0.29) is 18.9 Å². The number of alkyl carbamates (subject to hydrolysis) is 1. The first-order valence-electron chi connectivity index (χ1n) is 11.2. The summed E-state index contributed by atoms with van der Waals surface area (Å²) in [5.74, 6) is -1.68. The van der Waals surface area contributed by atoms with E-state index in [0.717, 1.165) is 28.7 Å². The van der Waals surface area contributed by atoms with Gasteiger partial charge in [0.1, 0.15) is 18.2 Å². The summed E-state index contributed by atoms with van der Waals surface area (Å²) in [7, 11) is 0. The first-order chi connectivity index (χ1) is 15.9. The summed E-state index contributed by atoms with van der Waals surface area (Å²) in [6.07, 6.45) is 3.28. The van der Waals surface area contributed by atoms with Gasteiger partial charge >= 0.3 is 12.1 Å². The molecule has 2 amide bonds. The Hall–Kier alpha value is -3.61. The molecule has 33 heavy (non-hydrogen) atoms. The zero-order valence-corrected chi connectivity index (χ0v) is 18.4. The van der Waals surface area contributed by atoms with Crippen molar-refractivity contribution in [3.8, 4) is 11.1 Å². The number of aliphatic carboxylic acids is 1. The third kappa shape index (κ3) is 4.49. The number of carbonyl (C=O) groups is 3. The lowest BCUT2D eigenvalue weighted by atomic mass is 9.76. The van der Waals surface area contributed by atoms with Crippen LogP contribution in [-0.4, -0.2) is 41.3 Å². The van der Waals surface area contributed by atoms with Gasteiger partial charge in [0.05, 0.1) is 0 Å². The molecular formula is C26H28N2O5. The van der Waals surface area contributed by atoms with Crippen molar-refractivity contribution < 1.29 is 24.2 Å². The van der Waals surface area contributed by atoms with Crippen molar-refractivity contribution >= 4 is 18.0 Å². The highest BCUT2D eigenvalue weighted by Gasteiger charge is 2.47. The van der Waals surface area contributed by atoms with Crippen LogP contribution < -0.4 is 10.6 Å². The summed E-state index contributed by atoms with van der Waals surface area (Å²) in [6.45, 7) is 3.74. The number of hydrogen-bond acceptors (Lipinski definition) is 4. The molecule has 0 heterocycles. The molecule has 1 saturated carbocycles. The van der Waals surface area contributed by atoms with E-state index in [1.54, 1.807) is 6.08 Å². The molecule has 0 aliphatic heterocycles. The van der Waals surface area contributed by atoms with Gasteiger partial charge in [-0.25, -0.2) is 9.59 Å². The van der Waals surface area contributed by atoms with Crippen molar-refractivity contribution in [1.82, 2.24) is 10.6 Å². The van der Waals surface area contributed by atoms with Crippen LogP contribution in [0.1, 0.15) is 49.1 Å². The van der Waals surface area contributed by atoms with E-state index in [4.69, 9.17) is 4.74 Å². The molecule has 0 spiro atoms. The van der Waals surface area contributed by atoms with Gasteiger partial charge < -0.3 is 20.5 Å². The van der Waals surface area contributed by atoms with E-state index in [0.29, 0.717) is 19.3 Å². The third-order valence-electron chi connectivity index (χ3n) is 6.59. The minimum atomic E-state index is -1.13.